The van der Waals surface area contributed by atoms with Crippen molar-refractivity contribution in [3.63, 3.8) is 0 Å². The van der Waals surface area contributed by atoms with Crippen molar-refractivity contribution in [3.05, 3.63) is 0 Å². The van der Waals surface area contributed by atoms with Crippen LogP contribution in [0.4, 0.5) is 0 Å². The molecular formula is C15H29NO. The lowest BCUT2D eigenvalue weighted by atomic mass is 9.75. The Kier molecular flexibility index (Phi) is 4.87. The maximum atomic E-state index is 5.51. The maximum Gasteiger partial charge on any atom is 0.0480 e. The van der Waals surface area contributed by atoms with E-state index in [0.29, 0.717) is 0 Å². The van der Waals surface area contributed by atoms with Gasteiger partial charge in [0, 0.05) is 31.8 Å². The van der Waals surface area contributed by atoms with Gasteiger partial charge in [-0.05, 0) is 37.5 Å². The normalized spacial score (nSPS) is 30.9. The third-order valence-corrected chi connectivity index (χ3v) is 4.56. The molecule has 2 nitrogen and oxygen atoms in total. The van der Waals surface area contributed by atoms with Gasteiger partial charge in [0.15, 0.2) is 0 Å². The molecule has 0 aromatic carbocycles. The van der Waals surface area contributed by atoms with Crippen LogP contribution in [0.25, 0.3) is 0 Å². The van der Waals surface area contributed by atoms with E-state index in [0.717, 1.165) is 37.1 Å². The zero-order chi connectivity index (χ0) is 12.3. The van der Waals surface area contributed by atoms with Gasteiger partial charge in [-0.1, -0.05) is 27.2 Å². The van der Waals surface area contributed by atoms with Crippen LogP contribution in [-0.4, -0.2) is 36.7 Å². The van der Waals surface area contributed by atoms with E-state index < -0.39 is 0 Å². The summed E-state index contributed by atoms with van der Waals surface area (Å²) in [4.78, 5) is 2.84. The van der Waals surface area contributed by atoms with E-state index in [4.69, 9.17) is 4.74 Å². The highest BCUT2D eigenvalue weighted by Crippen LogP contribution is 2.37. The van der Waals surface area contributed by atoms with E-state index in [-0.39, 0.29) is 0 Å². The van der Waals surface area contributed by atoms with Crippen molar-refractivity contribution in [2.24, 2.45) is 11.8 Å². The fraction of sp³-hybridized carbons (Fsp3) is 1.00. The molecule has 0 radical (unpaired) electrons. The molecule has 0 amide bonds. The molecule has 1 aliphatic heterocycles. The van der Waals surface area contributed by atoms with Crippen LogP contribution in [0.15, 0.2) is 0 Å². The molecule has 2 fully saturated rings. The first-order valence-electron chi connectivity index (χ1n) is 7.55. The monoisotopic (exact) mass is 239 g/mol. The van der Waals surface area contributed by atoms with Crippen LogP contribution in [0.2, 0.25) is 0 Å². The second kappa shape index (κ2) is 6.19. The Balaban J connectivity index is 1.96. The number of hydrogen-bond donors (Lipinski definition) is 0. The smallest absolute Gasteiger partial charge is 0.0480 e. The molecule has 2 aliphatic rings. The van der Waals surface area contributed by atoms with Gasteiger partial charge < -0.3 is 4.74 Å². The Hall–Kier alpha value is -0.0800. The third kappa shape index (κ3) is 3.23. The maximum absolute atomic E-state index is 5.51. The van der Waals surface area contributed by atoms with Crippen LogP contribution in [0.5, 0.6) is 0 Å². The average Bonchev–Trinajstić information content (AvgIpc) is 2.28. The molecule has 0 aromatic heterocycles. The average molecular weight is 239 g/mol. The Morgan fingerprint density at radius 2 is 1.82 bits per heavy atom. The van der Waals surface area contributed by atoms with Gasteiger partial charge >= 0.3 is 0 Å². The van der Waals surface area contributed by atoms with E-state index in [1.165, 1.54) is 38.6 Å². The van der Waals surface area contributed by atoms with Gasteiger partial charge in [0.25, 0.3) is 0 Å². The van der Waals surface area contributed by atoms with Gasteiger partial charge in [0.05, 0.1) is 0 Å². The number of ether oxygens (including phenoxy) is 1. The van der Waals surface area contributed by atoms with Crippen LogP contribution in [0.3, 0.4) is 0 Å². The Bertz CT molecular complexity index is 219. The molecule has 0 bridgehead atoms. The molecule has 17 heavy (non-hydrogen) atoms. The quantitative estimate of drug-likeness (QED) is 0.730. The summed E-state index contributed by atoms with van der Waals surface area (Å²) >= 11 is 0. The van der Waals surface area contributed by atoms with Crippen LogP contribution in [0.1, 0.15) is 52.9 Å². The molecule has 2 atom stereocenters. The standard InChI is InChI=1S/C15H29NO/c1-4-13-5-6-15(13)16(11-12(2)3)14-7-9-17-10-8-14/h12-15H,4-11H2,1-3H3/t13-,15-/m1/s1. The summed E-state index contributed by atoms with van der Waals surface area (Å²) in [5.41, 5.74) is 0. The first-order valence-corrected chi connectivity index (χ1v) is 7.55. The molecule has 1 saturated heterocycles. The lowest BCUT2D eigenvalue weighted by molar-refractivity contribution is -0.0302. The predicted molar refractivity (Wildman–Crippen MR) is 72.2 cm³/mol. The lowest BCUT2D eigenvalue weighted by Crippen LogP contribution is -2.54. The molecule has 0 spiro atoms. The molecule has 1 saturated carbocycles. The molecule has 0 aromatic rings. The lowest BCUT2D eigenvalue weighted by Gasteiger charge is -2.49. The molecule has 0 unspecified atom stereocenters. The Morgan fingerprint density at radius 1 is 1.12 bits per heavy atom. The van der Waals surface area contributed by atoms with Crippen molar-refractivity contribution >= 4 is 0 Å². The first kappa shape index (κ1) is 13.4. The summed E-state index contributed by atoms with van der Waals surface area (Å²) in [5.74, 6) is 1.76. The SMILES string of the molecule is CC[C@@H]1CC[C@H]1N(CC(C)C)C1CCOCC1. The minimum absolute atomic E-state index is 0.788. The van der Waals surface area contributed by atoms with Crippen molar-refractivity contribution in [2.75, 3.05) is 19.8 Å². The van der Waals surface area contributed by atoms with Crippen molar-refractivity contribution in [1.82, 2.24) is 4.90 Å². The summed E-state index contributed by atoms with van der Waals surface area (Å²) in [6.45, 7) is 10.3. The summed E-state index contributed by atoms with van der Waals surface area (Å²) in [6, 6.07) is 1.68. The second-order valence-corrected chi connectivity index (χ2v) is 6.25. The van der Waals surface area contributed by atoms with E-state index in [2.05, 4.69) is 25.7 Å². The molecular weight excluding hydrogens is 210 g/mol. The minimum atomic E-state index is 0.788. The molecule has 1 heterocycles. The van der Waals surface area contributed by atoms with Crippen molar-refractivity contribution in [2.45, 2.75) is 65.0 Å². The fourth-order valence-corrected chi connectivity index (χ4v) is 3.46. The van der Waals surface area contributed by atoms with Crippen molar-refractivity contribution in [1.29, 1.82) is 0 Å². The number of hydrogen-bond acceptors (Lipinski definition) is 2. The largest absolute Gasteiger partial charge is 0.381 e. The van der Waals surface area contributed by atoms with Crippen LogP contribution in [0, 0.1) is 11.8 Å². The molecule has 0 N–H and O–H groups in total. The van der Waals surface area contributed by atoms with Crippen LogP contribution >= 0.6 is 0 Å². The summed E-state index contributed by atoms with van der Waals surface area (Å²) < 4.78 is 5.51. The summed E-state index contributed by atoms with van der Waals surface area (Å²) in [6.07, 6.45) is 6.75. The zero-order valence-electron chi connectivity index (χ0n) is 11.8. The van der Waals surface area contributed by atoms with E-state index in [9.17, 15) is 0 Å². The van der Waals surface area contributed by atoms with E-state index in [1.807, 2.05) is 0 Å². The van der Waals surface area contributed by atoms with Gasteiger partial charge in [-0.3, -0.25) is 4.90 Å². The van der Waals surface area contributed by atoms with Gasteiger partial charge in [0.1, 0.15) is 0 Å². The van der Waals surface area contributed by atoms with Crippen molar-refractivity contribution < 1.29 is 4.74 Å². The van der Waals surface area contributed by atoms with Crippen molar-refractivity contribution in [3.8, 4) is 0 Å². The number of nitrogens with zero attached hydrogens (tertiary/aromatic N) is 1. The minimum Gasteiger partial charge on any atom is -0.381 e. The van der Waals surface area contributed by atoms with Gasteiger partial charge in [-0.15, -0.1) is 0 Å². The van der Waals surface area contributed by atoms with Gasteiger partial charge in [-0.25, -0.2) is 0 Å². The molecule has 100 valence electrons. The highest BCUT2D eigenvalue weighted by molar-refractivity contribution is 4.92. The highest BCUT2D eigenvalue weighted by Gasteiger charge is 2.37. The Morgan fingerprint density at radius 3 is 2.29 bits per heavy atom. The van der Waals surface area contributed by atoms with E-state index in [1.54, 1.807) is 0 Å². The molecule has 2 rings (SSSR count). The number of rotatable bonds is 5. The highest BCUT2D eigenvalue weighted by atomic mass is 16.5. The third-order valence-electron chi connectivity index (χ3n) is 4.56. The van der Waals surface area contributed by atoms with Crippen LogP contribution in [-0.2, 0) is 4.74 Å². The Labute approximate surface area is 107 Å². The second-order valence-electron chi connectivity index (χ2n) is 6.25. The topological polar surface area (TPSA) is 12.5 Å². The summed E-state index contributed by atoms with van der Waals surface area (Å²) in [5, 5.41) is 0. The summed E-state index contributed by atoms with van der Waals surface area (Å²) in [7, 11) is 0. The van der Waals surface area contributed by atoms with Crippen LogP contribution < -0.4 is 0 Å². The van der Waals surface area contributed by atoms with Gasteiger partial charge in [0.2, 0.25) is 0 Å². The molecule has 1 aliphatic carbocycles. The first-order chi connectivity index (χ1) is 8.22. The van der Waals surface area contributed by atoms with E-state index >= 15 is 0 Å². The zero-order valence-corrected chi connectivity index (χ0v) is 11.8. The fourth-order valence-electron chi connectivity index (χ4n) is 3.46. The van der Waals surface area contributed by atoms with Gasteiger partial charge in [-0.2, -0.15) is 0 Å². The predicted octanol–water partition coefficient (Wildman–Crippen LogP) is 3.31. The molecule has 2 heteroatoms.